The Morgan fingerprint density at radius 2 is 2.02 bits per heavy atom. The number of nitrogens with zero attached hydrogens (tertiary/aromatic N) is 6. The third kappa shape index (κ3) is 6.42. The van der Waals surface area contributed by atoms with Gasteiger partial charge in [-0.15, -0.1) is 14.8 Å². The number of carbonyl (C=O) groups is 4. The monoisotopic (exact) mass is 629 g/mol. The Bertz CT molecular complexity index is 1400. The van der Waals surface area contributed by atoms with E-state index in [2.05, 4.69) is 30.0 Å². The zero-order valence-electron chi connectivity index (χ0n) is 21.6. The molecule has 3 atom stereocenters. The molecule has 0 bridgehead atoms. The first-order valence-electron chi connectivity index (χ1n) is 11.6. The molecule has 2 amide bonds. The van der Waals surface area contributed by atoms with Gasteiger partial charge in [-0.3, -0.25) is 9.59 Å². The van der Waals surface area contributed by atoms with Crippen molar-refractivity contribution in [2.24, 2.45) is 16.5 Å². The van der Waals surface area contributed by atoms with E-state index in [1.807, 2.05) is 6.92 Å². The lowest BCUT2D eigenvalue weighted by Gasteiger charge is -2.34. The predicted octanol–water partition coefficient (Wildman–Crippen LogP) is 0.508. The third-order valence-corrected chi connectivity index (χ3v) is 9.58. The number of carbonyl (C=O) groups excluding carboxylic acids is 4. The molecular formula is C21H25N8O7S4+. The van der Waals surface area contributed by atoms with Crippen LogP contribution in [0.15, 0.2) is 9.50 Å². The number of aryl methyl sites for hydroxylation is 1. The molecule has 4 rings (SSSR count). The number of nitrogen functional groups attached to an aromatic ring is 1. The Morgan fingerprint density at radius 1 is 1.27 bits per heavy atom. The quantitative estimate of drug-likeness (QED) is 0.0656. The van der Waals surface area contributed by atoms with Crippen molar-refractivity contribution in [3.05, 3.63) is 10.8 Å². The predicted molar refractivity (Wildman–Crippen MR) is 146 cm³/mol. The second kappa shape index (κ2) is 12.1. The van der Waals surface area contributed by atoms with Crippen LogP contribution in [-0.4, -0.2) is 94.2 Å². The van der Waals surface area contributed by atoms with E-state index < -0.39 is 53.8 Å². The smallest absolute Gasteiger partial charge is 0.422 e. The number of oxime groups is 1. The number of rotatable bonds is 9. The molecule has 2 aromatic rings. The van der Waals surface area contributed by atoms with Crippen molar-refractivity contribution >= 4 is 86.0 Å². The van der Waals surface area contributed by atoms with Crippen molar-refractivity contribution in [2.45, 2.75) is 44.1 Å². The van der Waals surface area contributed by atoms with Crippen LogP contribution in [0.3, 0.4) is 0 Å². The first kappa shape index (κ1) is 29.8. The van der Waals surface area contributed by atoms with Crippen LogP contribution in [0.5, 0.6) is 0 Å². The highest BCUT2D eigenvalue weighted by Crippen LogP contribution is 2.35. The van der Waals surface area contributed by atoms with Gasteiger partial charge in [-0.2, -0.15) is 9.36 Å². The molecule has 4 heterocycles. The maximum atomic E-state index is 13.2. The van der Waals surface area contributed by atoms with E-state index in [0.717, 1.165) is 20.9 Å². The highest BCUT2D eigenvalue weighted by Gasteiger charge is 2.61. The largest absolute Gasteiger partial charge is 0.427 e. The van der Waals surface area contributed by atoms with Crippen molar-refractivity contribution in [2.75, 3.05) is 24.0 Å². The number of nitrogens with one attached hydrogen (secondary N) is 1. The fourth-order valence-electron chi connectivity index (χ4n) is 3.59. The van der Waals surface area contributed by atoms with Crippen LogP contribution in [-0.2, 0) is 28.7 Å². The maximum absolute atomic E-state index is 13.2. The van der Waals surface area contributed by atoms with Crippen LogP contribution in [0.2, 0.25) is 0 Å². The van der Waals surface area contributed by atoms with Gasteiger partial charge in [0.2, 0.25) is 24.4 Å². The highest BCUT2D eigenvalue weighted by atomic mass is 32.2. The summed E-state index contributed by atoms with van der Waals surface area (Å²) in [5.41, 5.74) is 4.24. The van der Waals surface area contributed by atoms with Gasteiger partial charge in [0, 0.05) is 23.0 Å². The van der Waals surface area contributed by atoms with E-state index in [9.17, 15) is 24.4 Å². The standard InChI is InChI=1S/C21H24N8O7S4/c1-8-25-26-20(39-8)38-6-9-5-37-16-11(23-14(30)10(27-34)13-24-19(22)40-28-13)15(31)29(16)12(9)17(32)35-7-36-18(33)21(2,3)4/h9,11-12H,5-7H2,1-4H3,(H3-,22,23,24,28,30,34)/p+1. The Kier molecular flexibility index (Phi) is 9.06. The number of hydrogen-bond donors (Lipinski definition) is 3. The lowest BCUT2D eigenvalue weighted by Crippen LogP contribution is -2.68. The number of hydrogen-bond acceptors (Lipinski definition) is 17. The summed E-state index contributed by atoms with van der Waals surface area (Å²) in [5.74, 6) is -2.47. The maximum Gasteiger partial charge on any atom is 0.422 e. The average Bonchev–Trinajstić information content (AvgIpc) is 3.52. The van der Waals surface area contributed by atoms with E-state index in [4.69, 9.17) is 15.2 Å². The molecule has 214 valence electrons. The number of nitrogens with two attached hydrogens (primary N) is 1. The summed E-state index contributed by atoms with van der Waals surface area (Å²) in [7, 11) is 0. The fourth-order valence-corrected chi connectivity index (χ4v) is 7.50. The minimum absolute atomic E-state index is 0.0641. The van der Waals surface area contributed by atoms with Gasteiger partial charge < -0.3 is 25.7 Å². The number of aromatic nitrogens is 4. The number of esters is 2. The first-order valence-corrected chi connectivity index (χ1v) is 15.2. The number of ether oxygens (including phenoxy) is 2. The lowest BCUT2D eigenvalue weighted by atomic mass is 9.97. The van der Waals surface area contributed by atoms with Crippen LogP contribution in [0.25, 0.3) is 0 Å². The van der Waals surface area contributed by atoms with Crippen LogP contribution in [0.4, 0.5) is 5.13 Å². The van der Waals surface area contributed by atoms with Crippen molar-refractivity contribution in [1.82, 2.24) is 24.9 Å². The molecule has 2 aliphatic heterocycles. The summed E-state index contributed by atoms with van der Waals surface area (Å²) in [5, 5.41) is 24.1. The van der Waals surface area contributed by atoms with Gasteiger partial charge in [0.1, 0.15) is 5.01 Å². The van der Waals surface area contributed by atoms with Crippen molar-refractivity contribution < 1.29 is 38.4 Å². The number of thioether (sulfide) groups is 2. The Balaban J connectivity index is 1.51. The molecule has 2 aromatic heterocycles. The number of amides is 2. The van der Waals surface area contributed by atoms with Crippen LogP contribution >= 0.6 is 46.4 Å². The Labute approximate surface area is 244 Å². The van der Waals surface area contributed by atoms with Crippen molar-refractivity contribution in [1.29, 1.82) is 0 Å². The number of anilines is 1. The summed E-state index contributed by atoms with van der Waals surface area (Å²) in [6, 6.07) is -2.11. The van der Waals surface area contributed by atoms with Gasteiger partial charge in [-0.1, -0.05) is 40.0 Å². The average molecular weight is 630 g/mol. The lowest BCUT2D eigenvalue weighted by molar-refractivity contribution is -0.503. The van der Waals surface area contributed by atoms with Gasteiger partial charge in [-0.05, 0) is 27.7 Å². The van der Waals surface area contributed by atoms with Crippen LogP contribution < -0.4 is 11.1 Å². The zero-order valence-corrected chi connectivity index (χ0v) is 24.9. The molecule has 4 N–H and O–H groups in total. The SMILES string of the molecule is Cc1nnc(SCC2CSC3=[N+](C(=O)C3NC(=O)C(=NO)c3nsc(N)n3)C2C(=O)OCOC(=O)C(C)(C)C)s1. The van der Waals surface area contributed by atoms with E-state index >= 15 is 0 Å². The molecule has 0 saturated carbocycles. The normalized spacial score (nSPS) is 20.9. The molecule has 2 aliphatic rings. The van der Waals surface area contributed by atoms with E-state index in [1.165, 1.54) is 39.4 Å². The fraction of sp³-hybridized carbons (Fsp3) is 0.524. The molecule has 0 spiro atoms. The summed E-state index contributed by atoms with van der Waals surface area (Å²) in [4.78, 5) is 55.1. The topological polar surface area (TPSA) is 212 Å². The van der Waals surface area contributed by atoms with Crippen molar-refractivity contribution in [3.63, 3.8) is 0 Å². The zero-order chi connectivity index (χ0) is 29.2. The minimum Gasteiger partial charge on any atom is -0.427 e. The van der Waals surface area contributed by atoms with E-state index in [1.54, 1.807) is 20.8 Å². The molecule has 0 aromatic carbocycles. The van der Waals surface area contributed by atoms with Crippen LogP contribution in [0.1, 0.15) is 31.6 Å². The molecule has 0 aliphatic carbocycles. The van der Waals surface area contributed by atoms with E-state index in [-0.39, 0.29) is 16.9 Å². The molecule has 15 nitrogen and oxygen atoms in total. The molecule has 0 radical (unpaired) electrons. The van der Waals surface area contributed by atoms with Crippen molar-refractivity contribution in [3.8, 4) is 0 Å². The van der Waals surface area contributed by atoms with Gasteiger partial charge >= 0.3 is 17.8 Å². The summed E-state index contributed by atoms with van der Waals surface area (Å²) in [6.45, 7) is 6.22. The first-order chi connectivity index (χ1) is 18.9. The third-order valence-electron chi connectivity index (χ3n) is 5.56. The van der Waals surface area contributed by atoms with Gasteiger partial charge in [0.25, 0.3) is 17.0 Å². The highest BCUT2D eigenvalue weighted by molar-refractivity contribution is 8.14. The summed E-state index contributed by atoms with van der Waals surface area (Å²) >= 11 is 4.93. The van der Waals surface area contributed by atoms with Crippen LogP contribution in [0, 0.1) is 18.3 Å². The molecule has 3 unspecified atom stereocenters. The second-order valence-electron chi connectivity index (χ2n) is 9.53. The molecule has 19 heteroatoms. The Hall–Kier alpha value is -3.16. The van der Waals surface area contributed by atoms with Gasteiger partial charge in [0.05, 0.1) is 11.3 Å². The second-order valence-corrected chi connectivity index (χ2v) is 13.8. The summed E-state index contributed by atoms with van der Waals surface area (Å²) in [6.07, 6.45) is 0. The molecule has 40 heavy (non-hydrogen) atoms. The summed E-state index contributed by atoms with van der Waals surface area (Å²) < 4.78 is 16.2. The molecule has 0 saturated heterocycles. The minimum atomic E-state index is -1.08. The molecule has 0 fully saturated rings. The molecular weight excluding hydrogens is 605 g/mol. The van der Waals surface area contributed by atoms with Gasteiger partial charge in [-0.25, -0.2) is 9.59 Å². The van der Waals surface area contributed by atoms with E-state index in [0.29, 0.717) is 16.5 Å². The Morgan fingerprint density at radius 3 is 2.62 bits per heavy atom. The van der Waals surface area contributed by atoms with Gasteiger partial charge in [0.15, 0.2) is 9.47 Å².